The second kappa shape index (κ2) is 5.94. The van der Waals surface area contributed by atoms with Crippen LogP contribution in [-0.2, 0) is 0 Å². The van der Waals surface area contributed by atoms with Crippen LogP contribution in [0.2, 0.25) is 0 Å². The van der Waals surface area contributed by atoms with Gasteiger partial charge in [-0.3, -0.25) is 0 Å². The van der Waals surface area contributed by atoms with E-state index in [0.717, 1.165) is 0 Å². The average molecular weight is 354 g/mol. The zero-order chi connectivity index (χ0) is 18.5. The molecule has 0 aliphatic carbocycles. The van der Waals surface area contributed by atoms with Crippen molar-refractivity contribution in [1.82, 2.24) is 0 Å². The Labute approximate surface area is 163 Å². The van der Waals surface area contributed by atoms with Crippen molar-refractivity contribution in [2.45, 2.75) is 0 Å². The standard InChI is InChI=1S/C28H18/c1-4-10-24-19(7-1)13-14-22-18-23(15-16-25(22)24)28-26-11-5-2-8-20(26)17-21-9-3-6-12-27(21)28/h1-18H. The Morgan fingerprint density at radius 1 is 0.321 bits per heavy atom. The first-order chi connectivity index (χ1) is 13.9. The van der Waals surface area contributed by atoms with Gasteiger partial charge in [-0.15, -0.1) is 0 Å². The van der Waals surface area contributed by atoms with E-state index < -0.39 is 0 Å². The predicted molar refractivity (Wildman–Crippen MR) is 122 cm³/mol. The third kappa shape index (κ3) is 2.25. The van der Waals surface area contributed by atoms with Crippen molar-refractivity contribution in [2.24, 2.45) is 0 Å². The van der Waals surface area contributed by atoms with Crippen LogP contribution in [0.25, 0.3) is 54.2 Å². The summed E-state index contributed by atoms with van der Waals surface area (Å²) in [6.45, 7) is 0. The molecular weight excluding hydrogens is 336 g/mol. The highest BCUT2D eigenvalue weighted by Crippen LogP contribution is 2.38. The minimum Gasteiger partial charge on any atom is -0.0616 e. The molecule has 6 aromatic carbocycles. The first kappa shape index (κ1) is 15.4. The molecule has 0 fully saturated rings. The lowest BCUT2D eigenvalue weighted by atomic mass is 9.90. The van der Waals surface area contributed by atoms with Gasteiger partial charge in [-0.25, -0.2) is 0 Å². The number of rotatable bonds is 1. The molecule has 6 rings (SSSR count). The van der Waals surface area contributed by atoms with Gasteiger partial charge in [0.1, 0.15) is 0 Å². The van der Waals surface area contributed by atoms with Crippen LogP contribution in [-0.4, -0.2) is 0 Å². The molecule has 0 saturated heterocycles. The number of hydrogen-bond donors (Lipinski definition) is 0. The monoisotopic (exact) mass is 354 g/mol. The highest BCUT2D eigenvalue weighted by molar-refractivity contribution is 6.15. The second-order valence-electron chi connectivity index (χ2n) is 7.42. The van der Waals surface area contributed by atoms with Crippen molar-refractivity contribution >= 4 is 43.1 Å². The van der Waals surface area contributed by atoms with Gasteiger partial charge in [0.2, 0.25) is 0 Å². The maximum atomic E-state index is 2.34. The van der Waals surface area contributed by atoms with E-state index in [1.54, 1.807) is 0 Å². The minimum absolute atomic E-state index is 1.27. The lowest BCUT2D eigenvalue weighted by Crippen LogP contribution is -1.86. The number of benzene rings is 6. The Hall–Kier alpha value is -3.64. The molecule has 0 bridgehead atoms. The zero-order valence-corrected chi connectivity index (χ0v) is 15.4. The van der Waals surface area contributed by atoms with Crippen LogP contribution in [0, 0.1) is 0 Å². The largest absolute Gasteiger partial charge is 0.0616 e. The Balaban J connectivity index is 1.72. The van der Waals surface area contributed by atoms with Gasteiger partial charge in [0.25, 0.3) is 0 Å². The predicted octanol–water partition coefficient (Wildman–Crippen LogP) is 7.97. The van der Waals surface area contributed by atoms with Crippen LogP contribution in [0.4, 0.5) is 0 Å². The molecule has 0 heteroatoms. The van der Waals surface area contributed by atoms with Crippen molar-refractivity contribution in [2.75, 3.05) is 0 Å². The van der Waals surface area contributed by atoms with E-state index in [-0.39, 0.29) is 0 Å². The van der Waals surface area contributed by atoms with Gasteiger partial charge >= 0.3 is 0 Å². The summed E-state index contributed by atoms with van der Waals surface area (Å²) < 4.78 is 0. The van der Waals surface area contributed by atoms with E-state index >= 15 is 0 Å². The summed E-state index contributed by atoms with van der Waals surface area (Å²) in [5, 5.41) is 10.4. The molecule has 0 spiro atoms. The first-order valence-electron chi connectivity index (χ1n) is 9.71. The van der Waals surface area contributed by atoms with Gasteiger partial charge in [0, 0.05) is 0 Å². The van der Waals surface area contributed by atoms with Crippen LogP contribution in [0.15, 0.2) is 109 Å². The maximum absolute atomic E-state index is 2.34. The van der Waals surface area contributed by atoms with Crippen LogP contribution < -0.4 is 0 Å². The molecule has 0 saturated carbocycles. The van der Waals surface area contributed by atoms with Crippen LogP contribution in [0.3, 0.4) is 0 Å². The van der Waals surface area contributed by atoms with Crippen LogP contribution in [0.5, 0.6) is 0 Å². The molecule has 0 unspecified atom stereocenters. The molecule has 28 heavy (non-hydrogen) atoms. The second-order valence-corrected chi connectivity index (χ2v) is 7.42. The molecule has 6 aromatic rings. The maximum Gasteiger partial charge on any atom is -0.00266 e. The Morgan fingerprint density at radius 3 is 1.54 bits per heavy atom. The fraction of sp³-hybridized carbons (Fsp3) is 0. The quantitative estimate of drug-likeness (QED) is 0.207. The summed E-state index contributed by atoms with van der Waals surface area (Å²) in [5.41, 5.74) is 2.60. The lowest BCUT2D eigenvalue weighted by molar-refractivity contribution is 1.71. The van der Waals surface area contributed by atoms with Gasteiger partial charge in [-0.1, -0.05) is 97.1 Å². The van der Waals surface area contributed by atoms with Gasteiger partial charge in [0.15, 0.2) is 0 Å². The lowest BCUT2D eigenvalue weighted by Gasteiger charge is -2.13. The van der Waals surface area contributed by atoms with Gasteiger partial charge in [-0.2, -0.15) is 0 Å². The van der Waals surface area contributed by atoms with Gasteiger partial charge < -0.3 is 0 Å². The van der Waals surface area contributed by atoms with Crippen molar-refractivity contribution in [3.8, 4) is 11.1 Å². The van der Waals surface area contributed by atoms with E-state index in [9.17, 15) is 0 Å². The Bertz CT molecular complexity index is 1450. The summed E-state index contributed by atoms with van der Waals surface area (Å²) >= 11 is 0. The van der Waals surface area contributed by atoms with Gasteiger partial charge in [-0.05, 0) is 66.3 Å². The van der Waals surface area contributed by atoms with E-state index in [0.29, 0.717) is 0 Å². The molecule has 130 valence electrons. The number of hydrogen-bond acceptors (Lipinski definition) is 0. The molecule has 0 amide bonds. The first-order valence-corrected chi connectivity index (χ1v) is 9.71. The van der Waals surface area contributed by atoms with Gasteiger partial charge in [0.05, 0.1) is 0 Å². The SMILES string of the molecule is c1ccc2c(-c3ccc4c(ccc5ccccc54)c3)c3ccccc3cc2c1. The summed E-state index contributed by atoms with van der Waals surface area (Å²) in [7, 11) is 0. The van der Waals surface area contributed by atoms with Crippen molar-refractivity contribution in [3.63, 3.8) is 0 Å². The van der Waals surface area contributed by atoms with E-state index in [1.165, 1.54) is 54.2 Å². The smallest absolute Gasteiger partial charge is 0.00266 e. The highest BCUT2D eigenvalue weighted by atomic mass is 14.1. The summed E-state index contributed by atoms with van der Waals surface area (Å²) in [6, 6.07) is 39.7. The number of fused-ring (bicyclic) bond motifs is 5. The normalized spacial score (nSPS) is 11.6. The summed E-state index contributed by atoms with van der Waals surface area (Å²) in [6.07, 6.45) is 0. The highest BCUT2D eigenvalue weighted by Gasteiger charge is 2.10. The van der Waals surface area contributed by atoms with Crippen molar-refractivity contribution in [1.29, 1.82) is 0 Å². The van der Waals surface area contributed by atoms with Crippen molar-refractivity contribution < 1.29 is 0 Å². The molecule has 0 aromatic heterocycles. The van der Waals surface area contributed by atoms with E-state index in [2.05, 4.69) is 109 Å². The topological polar surface area (TPSA) is 0 Å². The Morgan fingerprint density at radius 2 is 0.821 bits per heavy atom. The Kier molecular flexibility index (Phi) is 3.27. The molecule has 0 atom stereocenters. The van der Waals surface area contributed by atoms with E-state index in [1.807, 2.05) is 0 Å². The fourth-order valence-corrected chi connectivity index (χ4v) is 4.49. The minimum atomic E-state index is 1.27. The average Bonchev–Trinajstić information content (AvgIpc) is 2.77. The molecule has 0 heterocycles. The summed E-state index contributed by atoms with van der Waals surface area (Å²) in [4.78, 5) is 0. The summed E-state index contributed by atoms with van der Waals surface area (Å²) in [5.74, 6) is 0. The third-order valence-corrected chi connectivity index (χ3v) is 5.80. The molecule has 0 radical (unpaired) electrons. The van der Waals surface area contributed by atoms with Crippen LogP contribution >= 0.6 is 0 Å². The fourth-order valence-electron chi connectivity index (χ4n) is 4.49. The molecule has 0 N–H and O–H groups in total. The molecular formula is C28H18. The molecule has 0 nitrogen and oxygen atoms in total. The molecule has 0 aliphatic heterocycles. The van der Waals surface area contributed by atoms with Crippen LogP contribution in [0.1, 0.15) is 0 Å². The van der Waals surface area contributed by atoms with E-state index in [4.69, 9.17) is 0 Å². The zero-order valence-electron chi connectivity index (χ0n) is 15.4. The third-order valence-electron chi connectivity index (χ3n) is 5.80. The van der Waals surface area contributed by atoms with Crippen molar-refractivity contribution in [3.05, 3.63) is 109 Å². The molecule has 0 aliphatic rings.